The van der Waals surface area contributed by atoms with Gasteiger partial charge in [-0.05, 0) is 47.2 Å². The van der Waals surface area contributed by atoms with E-state index in [0.29, 0.717) is 13.1 Å². The summed E-state index contributed by atoms with van der Waals surface area (Å²) >= 11 is 2.21. The number of amides is 1. The number of carbonyl (C=O) groups excluding carboxylic acids is 1. The fourth-order valence-electron chi connectivity index (χ4n) is 1.93. The molecular weight excluding hydrogens is 331 g/mol. The molecule has 1 saturated heterocycles. The van der Waals surface area contributed by atoms with E-state index in [1.165, 1.54) is 0 Å². The van der Waals surface area contributed by atoms with E-state index in [-0.39, 0.29) is 12.0 Å². The van der Waals surface area contributed by atoms with Gasteiger partial charge in [-0.15, -0.1) is 0 Å². The normalized spacial score (nSPS) is 20.5. The average molecular weight is 346 g/mol. The van der Waals surface area contributed by atoms with Gasteiger partial charge in [0.2, 0.25) is 5.91 Å². The zero-order valence-corrected chi connectivity index (χ0v) is 11.6. The molecule has 0 aliphatic carbocycles. The number of nitrogens with zero attached hydrogens (tertiary/aromatic N) is 1. The number of β-amino-alcohol motifs (C(OH)–C–C–N with tert-alkyl or cyclic N) is 1. The Kier molecular flexibility index (Phi) is 4.36. The minimum atomic E-state index is -0.277. The van der Waals surface area contributed by atoms with Crippen LogP contribution in [-0.4, -0.2) is 41.7 Å². The highest BCUT2D eigenvalue weighted by Gasteiger charge is 2.21. The quantitative estimate of drug-likeness (QED) is 0.812. The van der Waals surface area contributed by atoms with Gasteiger partial charge in [-0.3, -0.25) is 9.69 Å². The Morgan fingerprint density at radius 2 is 2.41 bits per heavy atom. The van der Waals surface area contributed by atoms with Gasteiger partial charge in [-0.2, -0.15) is 0 Å². The molecule has 2 N–H and O–H groups in total. The lowest BCUT2D eigenvalue weighted by molar-refractivity contribution is -0.117. The second-order valence-electron chi connectivity index (χ2n) is 4.24. The predicted octanol–water partition coefficient (Wildman–Crippen LogP) is 1.30. The van der Waals surface area contributed by atoms with Crippen molar-refractivity contribution in [3.05, 3.63) is 27.8 Å². The molecule has 1 unspecified atom stereocenters. The second kappa shape index (κ2) is 5.79. The van der Waals surface area contributed by atoms with Crippen LogP contribution in [0.1, 0.15) is 6.42 Å². The molecule has 5 heteroatoms. The summed E-state index contributed by atoms with van der Waals surface area (Å²) in [5.74, 6) is -0.0268. The zero-order valence-electron chi connectivity index (χ0n) is 9.40. The number of nitrogens with one attached hydrogen (secondary N) is 1. The topological polar surface area (TPSA) is 52.6 Å². The molecule has 1 aromatic carbocycles. The fourth-order valence-corrected chi connectivity index (χ4v) is 2.47. The van der Waals surface area contributed by atoms with Crippen LogP contribution < -0.4 is 5.32 Å². The van der Waals surface area contributed by atoms with Crippen LogP contribution in [0.4, 0.5) is 5.69 Å². The lowest BCUT2D eigenvalue weighted by Crippen LogP contribution is -2.32. The average Bonchev–Trinajstić information content (AvgIpc) is 2.63. The SMILES string of the molecule is O=C(CN1CCC(O)C1)Nc1cccc(I)c1. The van der Waals surface area contributed by atoms with Crippen LogP contribution in [0.25, 0.3) is 0 Å². The third-order valence-corrected chi connectivity index (χ3v) is 3.39. The molecule has 1 aromatic rings. The van der Waals surface area contributed by atoms with Gasteiger partial charge in [0.1, 0.15) is 0 Å². The summed E-state index contributed by atoms with van der Waals surface area (Å²) in [4.78, 5) is 13.7. The van der Waals surface area contributed by atoms with E-state index in [2.05, 4.69) is 27.9 Å². The number of hydrogen-bond donors (Lipinski definition) is 2. The molecule has 0 bridgehead atoms. The van der Waals surface area contributed by atoms with Crippen molar-refractivity contribution in [2.24, 2.45) is 0 Å². The van der Waals surface area contributed by atoms with E-state index in [1.807, 2.05) is 29.2 Å². The number of carbonyl (C=O) groups is 1. The summed E-state index contributed by atoms with van der Waals surface area (Å²) in [5, 5.41) is 12.2. The molecule has 17 heavy (non-hydrogen) atoms. The summed E-state index contributed by atoms with van der Waals surface area (Å²) in [6.45, 7) is 1.74. The molecule has 1 atom stereocenters. The lowest BCUT2D eigenvalue weighted by atomic mass is 10.3. The first-order valence-corrected chi connectivity index (χ1v) is 6.67. The van der Waals surface area contributed by atoms with Crippen LogP contribution >= 0.6 is 22.6 Å². The minimum absolute atomic E-state index is 0.0268. The molecule has 2 rings (SSSR count). The van der Waals surface area contributed by atoms with Gasteiger partial charge in [0.15, 0.2) is 0 Å². The Morgan fingerprint density at radius 1 is 1.59 bits per heavy atom. The molecule has 1 fully saturated rings. The number of benzene rings is 1. The van der Waals surface area contributed by atoms with Crippen molar-refractivity contribution >= 4 is 34.2 Å². The van der Waals surface area contributed by atoms with Crippen LogP contribution in [0.15, 0.2) is 24.3 Å². The van der Waals surface area contributed by atoms with E-state index in [9.17, 15) is 9.90 Å². The molecule has 0 radical (unpaired) electrons. The molecular formula is C12H15IN2O2. The lowest BCUT2D eigenvalue weighted by Gasteiger charge is -2.14. The van der Waals surface area contributed by atoms with Gasteiger partial charge >= 0.3 is 0 Å². The molecule has 4 nitrogen and oxygen atoms in total. The third-order valence-electron chi connectivity index (χ3n) is 2.72. The molecule has 1 aliphatic rings. The van der Waals surface area contributed by atoms with Gasteiger partial charge in [-0.1, -0.05) is 6.07 Å². The maximum absolute atomic E-state index is 11.7. The largest absolute Gasteiger partial charge is 0.392 e. The Bertz CT molecular complexity index is 411. The molecule has 1 aliphatic heterocycles. The van der Waals surface area contributed by atoms with Crippen molar-refractivity contribution < 1.29 is 9.90 Å². The molecule has 0 spiro atoms. The maximum atomic E-state index is 11.7. The standard InChI is InChI=1S/C12H15IN2O2/c13-9-2-1-3-10(6-9)14-12(17)8-15-5-4-11(16)7-15/h1-3,6,11,16H,4-5,7-8H2,(H,14,17). The van der Waals surface area contributed by atoms with Crippen LogP contribution in [-0.2, 0) is 4.79 Å². The summed E-state index contributed by atoms with van der Waals surface area (Å²) in [6, 6.07) is 7.69. The zero-order chi connectivity index (χ0) is 12.3. The molecule has 92 valence electrons. The van der Waals surface area contributed by atoms with E-state index in [0.717, 1.165) is 22.2 Å². The van der Waals surface area contributed by atoms with Gasteiger partial charge < -0.3 is 10.4 Å². The van der Waals surface area contributed by atoms with E-state index >= 15 is 0 Å². The van der Waals surface area contributed by atoms with Gasteiger partial charge in [0, 0.05) is 22.3 Å². The molecule has 1 amide bonds. The number of halogens is 1. The third kappa shape index (κ3) is 3.93. The van der Waals surface area contributed by atoms with Crippen molar-refractivity contribution in [3.8, 4) is 0 Å². The predicted molar refractivity (Wildman–Crippen MR) is 74.9 cm³/mol. The first-order valence-electron chi connectivity index (χ1n) is 5.59. The van der Waals surface area contributed by atoms with Crippen LogP contribution in [0, 0.1) is 3.57 Å². The number of aliphatic hydroxyl groups is 1. The monoisotopic (exact) mass is 346 g/mol. The Morgan fingerprint density at radius 3 is 3.06 bits per heavy atom. The highest BCUT2D eigenvalue weighted by molar-refractivity contribution is 14.1. The first-order chi connectivity index (χ1) is 8.13. The van der Waals surface area contributed by atoms with Gasteiger partial charge in [0.05, 0.1) is 12.6 Å². The highest BCUT2D eigenvalue weighted by Crippen LogP contribution is 2.13. The highest BCUT2D eigenvalue weighted by atomic mass is 127. The van der Waals surface area contributed by atoms with Crippen LogP contribution in [0.3, 0.4) is 0 Å². The van der Waals surface area contributed by atoms with Crippen LogP contribution in [0.5, 0.6) is 0 Å². The number of aliphatic hydroxyl groups excluding tert-OH is 1. The Hall–Kier alpha value is -0.660. The van der Waals surface area contributed by atoms with Crippen molar-refractivity contribution in [3.63, 3.8) is 0 Å². The number of likely N-dealkylation sites (tertiary alicyclic amines) is 1. The fraction of sp³-hybridized carbons (Fsp3) is 0.417. The van der Waals surface area contributed by atoms with E-state index in [1.54, 1.807) is 0 Å². The van der Waals surface area contributed by atoms with E-state index in [4.69, 9.17) is 0 Å². The van der Waals surface area contributed by atoms with Crippen molar-refractivity contribution in [2.45, 2.75) is 12.5 Å². The number of hydrogen-bond acceptors (Lipinski definition) is 3. The smallest absolute Gasteiger partial charge is 0.238 e. The van der Waals surface area contributed by atoms with Crippen molar-refractivity contribution in [2.75, 3.05) is 25.0 Å². The minimum Gasteiger partial charge on any atom is -0.392 e. The number of rotatable bonds is 3. The Labute approximate surface area is 114 Å². The van der Waals surface area contributed by atoms with Crippen molar-refractivity contribution in [1.29, 1.82) is 0 Å². The van der Waals surface area contributed by atoms with Gasteiger partial charge in [-0.25, -0.2) is 0 Å². The summed E-state index contributed by atoms with van der Waals surface area (Å²) in [6.07, 6.45) is 0.483. The maximum Gasteiger partial charge on any atom is 0.238 e. The molecule has 0 saturated carbocycles. The van der Waals surface area contributed by atoms with Crippen LogP contribution in [0.2, 0.25) is 0 Å². The van der Waals surface area contributed by atoms with Crippen molar-refractivity contribution in [1.82, 2.24) is 4.90 Å². The second-order valence-corrected chi connectivity index (χ2v) is 5.48. The summed E-state index contributed by atoms with van der Waals surface area (Å²) in [7, 11) is 0. The van der Waals surface area contributed by atoms with E-state index < -0.39 is 0 Å². The molecule has 0 aromatic heterocycles. The molecule has 1 heterocycles. The summed E-state index contributed by atoms with van der Waals surface area (Å²) < 4.78 is 1.09. The summed E-state index contributed by atoms with van der Waals surface area (Å²) in [5.41, 5.74) is 0.821. The Balaban J connectivity index is 1.85. The van der Waals surface area contributed by atoms with Gasteiger partial charge in [0.25, 0.3) is 0 Å². The number of anilines is 1. The first kappa shape index (κ1) is 12.8.